The third kappa shape index (κ3) is 5.49. The summed E-state index contributed by atoms with van der Waals surface area (Å²) in [5.74, 6) is -0.114. The number of aryl methyl sites for hydroxylation is 1. The summed E-state index contributed by atoms with van der Waals surface area (Å²) in [6.45, 7) is 1.94. The van der Waals surface area contributed by atoms with Gasteiger partial charge in [0.15, 0.2) is 6.61 Å². The number of nitrogens with zero attached hydrogens (tertiary/aromatic N) is 1. The predicted molar refractivity (Wildman–Crippen MR) is 80.9 cm³/mol. The minimum absolute atomic E-state index is 0.0517. The highest BCUT2D eigenvalue weighted by Crippen LogP contribution is 2.22. The first-order chi connectivity index (χ1) is 11.2. The summed E-state index contributed by atoms with van der Waals surface area (Å²) in [5, 5.41) is 9.05. The van der Waals surface area contributed by atoms with Gasteiger partial charge in [-0.2, -0.15) is 13.2 Å². The topological polar surface area (TPSA) is 76.4 Å². The monoisotopic (exact) mass is 343 g/mol. The van der Waals surface area contributed by atoms with Gasteiger partial charge in [0.25, 0.3) is 0 Å². The number of aromatic nitrogens is 1. The number of benzene rings is 1. The van der Waals surface area contributed by atoms with Gasteiger partial charge in [0, 0.05) is 17.8 Å². The highest BCUT2D eigenvalue weighted by molar-refractivity contribution is 5.95. The summed E-state index contributed by atoms with van der Waals surface area (Å²) < 4.78 is 46.0. The zero-order chi connectivity index (χ0) is 17.7. The smallest absolute Gasteiger partial charge is 0.422 e. The first kappa shape index (κ1) is 17.6. The van der Waals surface area contributed by atoms with Gasteiger partial charge in [-0.05, 0) is 26.0 Å². The second-order valence-corrected chi connectivity index (χ2v) is 5.12. The van der Waals surface area contributed by atoms with Gasteiger partial charge in [-0.1, -0.05) is 11.2 Å². The zero-order valence-corrected chi connectivity index (χ0v) is 13.0. The standard InChI is InChI=1S/C15H16F3N3O3/c1-9-6-13(24-21-9)20-14(22)10(2)19-11-4-3-5-12(7-11)23-8-15(16,17)18/h3-7,10,19H,8H2,1-2H3,(H,20,22)/t10-/m1/s1. The number of nitrogens with one attached hydrogen (secondary N) is 2. The van der Waals surface area contributed by atoms with Crippen molar-refractivity contribution in [2.45, 2.75) is 26.1 Å². The lowest BCUT2D eigenvalue weighted by atomic mass is 10.2. The van der Waals surface area contributed by atoms with E-state index in [0.717, 1.165) is 0 Å². The number of halogens is 3. The summed E-state index contributed by atoms with van der Waals surface area (Å²) >= 11 is 0. The number of carbonyl (C=O) groups excluding carboxylic acids is 1. The molecule has 1 amide bonds. The van der Waals surface area contributed by atoms with E-state index in [0.29, 0.717) is 11.4 Å². The molecule has 0 unspecified atom stereocenters. The molecule has 0 saturated carbocycles. The van der Waals surface area contributed by atoms with Gasteiger partial charge >= 0.3 is 6.18 Å². The molecule has 0 bridgehead atoms. The largest absolute Gasteiger partial charge is 0.484 e. The minimum atomic E-state index is -4.41. The Bertz CT molecular complexity index is 701. The molecule has 2 N–H and O–H groups in total. The van der Waals surface area contributed by atoms with E-state index in [9.17, 15) is 18.0 Å². The Morgan fingerprint density at radius 3 is 2.75 bits per heavy atom. The number of ether oxygens (including phenoxy) is 1. The third-order valence-corrected chi connectivity index (χ3v) is 2.89. The van der Waals surface area contributed by atoms with Crippen LogP contribution in [0.4, 0.5) is 24.7 Å². The average molecular weight is 343 g/mol. The molecule has 0 spiro atoms. The Labute approximate surface area is 136 Å². The number of amides is 1. The van der Waals surface area contributed by atoms with E-state index in [-0.39, 0.29) is 17.5 Å². The molecule has 0 saturated heterocycles. The summed E-state index contributed by atoms with van der Waals surface area (Å²) in [6.07, 6.45) is -4.41. The predicted octanol–water partition coefficient (Wildman–Crippen LogP) is 3.36. The third-order valence-electron chi connectivity index (χ3n) is 2.89. The maximum absolute atomic E-state index is 12.2. The average Bonchev–Trinajstić information content (AvgIpc) is 2.90. The molecule has 0 aliphatic rings. The molecule has 2 aromatic rings. The first-order valence-electron chi connectivity index (χ1n) is 7.03. The molecule has 24 heavy (non-hydrogen) atoms. The quantitative estimate of drug-likeness (QED) is 0.841. The van der Waals surface area contributed by atoms with Gasteiger partial charge in [-0.25, -0.2) is 0 Å². The van der Waals surface area contributed by atoms with Crippen molar-refractivity contribution in [3.8, 4) is 5.75 Å². The Morgan fingerprint density at radius 1 is 1.38 bits per heavy atom. The Hall–Kier alpha value is -2.71. The van der Waals surface area contributed by atoms with Crippen LogP contribution in [0.2, 0.25) is 0 Å². The molecular formula is C15H16F3N3O3. The maximum Gasteiger partial charge on any atom is 0.422 e. The molecule has 1 aromatic carbocycles. The highest BCUT2D eigenvalue weighted by atomic mass is 19.4. The van der Waals surface area contributed by atoms with Crippen LogP contribution in [0.15, 0.2) is 34.9 Å². The van der Waals surface area contributed by atoms with E-state index in [1.165, 1.54) is 18.2 Å². The molecule has 6 nitrogen and oxygen atoms in total. The lowest BCUT2D eigenvalue weighted by Gasteiger charge is -2.15. The molecule has 2 rings (SSSR count). The molecular weight excluding hydrogens is 327 g/mol. The van der Waals surface area contributed by atoms with Crippen LogP contribution in [-0.2, 0) is 4.79 Å². The summed E-state index contributed by atoms with van der Waals surface area (Å²) in [6, 6.07) is 6.83. The van der Waals surface area contributed by atoms with Gasteiger partial charge in [-0.3, -0.25) is 10.1 Å². The van der Waals surface area contributed by atoms with Crippen LogP contribution in [0, 0.1) is 6.92 Å². The summed E-state index contributed by atoms with van der Waals surface area (Å²) in [4.78, 5) is 12.0. The van der Waals surface area contributed by atoms with Gasteiger partial charge in [0.2, 0.25) is 11.8 Å². The highest BCUT2D eigenvalue weighted by Gasteiger charge is 2.28. The Balaban J connectivity index is 1.93. The van der Waals surface area contributed by atoms with E-state index in [1.807, 2.05) is 0 Å². The second kappa shape index (κ2) is 7.24. The van der Waals surface area contributed by atoms with Gasteiger partial charge in [0.05, 0.1) is 5.69 Å². The van der Waals surface area contributed by atoms with E-state index >= 15 is 0 Å². The fourth-order valence-electron chi connectivity index (χ4n) is 1.81. The number of hydrogen-bond acceptors (Lipinski definition) is 5. The van der Waals surface area contributed by atoms with Gasteiger partial charge < -0.3 is 14.6 Å². The molecule has 1 heterocycles. The Morgan fingerprint density at radius 2 is 2.12 bits per heavy atom. The molecule has 0 aliphatic heterocycles. The van der Waals surface area contributed by atoms with Gasteiger partial charge in [0.1, 0.15) is 11.8 Å². The van der Waals surface area contributed by atoms with E-state index in [2.05, 4.69) is 20.5 Å². The molecule has 130 valence electrons. The number of rotatable bonds is 6. The number of hydrogen-bond donors (Lipinski definition) is 2. The van der Waals surface area contributed by atoms with Crippen molar-refractivity contribution < 1.29 is 27.2 Å². The lowest BCUT2D eigenvalue weighted by Crippen LogP contribution is -2.31. The van der Waals surface area contributed by atoms with Crippen LogP contribution >= 0.6 is 0 Å². The summed E-state index contributed by atoms with van der Waals surface area (Å²) in [5.41, 5.74) is 1.08. The molecule has 0 fully saturated rings. The summed E-state index contributed by atoms with van der Waals surface area (Å²) in [7, 11) is 0. The van der Waals surface area contributed by atoms with Crippen molar-refractivity contribution in [1.29, 1.82) is 0 Å². The van der Waals surface area contributed by atoms with Crippen LogP contribution in [0.1, 0.15) is 12.6 Å². The fraction of sp³-hybridized carbons (Fsp3) is 0.333. The fourth-order valence-corrected chi connectivity index (χ4v) is 1.81. The molecule has 1 aromatic heterocycles. The van der Waals surface area contributed by atoms with Crippen LogP contribution < -0.4 is 15.4 Å². The lowest BCUT2D eigenvalue weighted by molar-refractivity contribution is -0.153. The van der Waals surface area contributed by atoms with Crippen molar-refractivity contribution in [3.63, 3.8) is 0 Å². The van der Waals surface area contributed by atoms with Crippen molar-refractivity contribution in [2.24, 2.45) is 0 Å². The molecule has 0 radical (unpaired) electrons. The Kier molecular flexibility index (Phi) is 5.32. The van der Waals surface area contributed by atoms with Crippen molar-refractivity contribution in [2.75, 3.05) is 17.2 Å². The minimum Gasteiger partial charge on any atom is -0.484 e. The van der Waals surface area contributed by atoms with Crippen molar-refractivity contribution in [3.05, 3.63) is 36.0 Å². The number of alkyl halides is 3. The van der Waals surface area contributed by atoms with E-state index in [4.69, 9.17) is 4.52 Å². The second-order valence-electron chi connectivity index (χ2n) is 5.12. The van der Waals surface area contributed by atoms with Crippen molar-refractivity contribution in [1.82, 2.24) is 5.16 Å². The normalized spacial score (nSPS) is 12.5. The van der Waals surface area contributed by atoms with Gasteiger partial charge in [-0.15, -0.1) is 0 Å². The van der Waals surface area contributed by atoms with Crippen LogP contribution in [0.25, 0.3) is 0 Å². The zero-order valence-electron chi connectivity index (χ0n) is 13.0. The molecule has 1 atom stereocenters. The van der Waals surface area contributed by atoms with E-state index < -0.39 is 18.8 Å². The maximum atomic E-state index is 12.2. The van der Waals surface area contributed by atoms with E-state index in [1.54, 1.807) is 26.0 Å². The van der Waals surface area contributed by atoms with Crippen LogP contribution in [-0.4, -0.2) is 29.9 Å². The van der Waals surface area contributed by atoms with Crippen LogP contribution in [0.5, 0.6) is 5.75 Å². The first-order valence-corrected chi connectivity index (χ1v) is 7.03. The SMILES string of the molecule is Cc1cc(NC(=O)[C@@H](C)Nc2cccc(OCC(F)(F)F)c2)on1. The van der Waals surface area contributed by atoms with Crippen molar-refractivity contribution >= 4 is 17.5 Å². The van der Waals surface area contributed by atoms with Crippen LogP contribution in [0.3, 0.4) is 0 Å². The number of carbonyl (C=O) groups is 1. The number of anilines is 2. The molecule has 0 aliphatic carbocycles. The molecule has 9 heteroatoms.